The van der Waals surface area contributed by atoms with Crippen LogP contribution in [-0.4, -0.2) is 29.2 Å². The van der Waals surface area contributed by atoms with Gasteiger partial charge in [0.1, 0.15) is 5.76 Å². The molecule has 0 atom stereocenters. The average molecular weight is 267 g/mol. The van der Waals surface area contributed by atoms with Gasteiger partial charge in [0.05, 0.1) is 0 Å². The number of carbonyl (C=O) groups excluding carboxylic acids is 1. The van der Waals surface area contributed by atoms with Crippen LogP contribution in [0.5, 0.6) is 0 Å². The molecule has 19 heavy (non-hydrogen) atoms. The zero-order valence-corrected chi connectivity index (χ0v) is 12.6. The van der Waals surface area contributed by atoms with Crippen molar-refractivity contribution in [3.05, 3.63) is 11.8 Å². The summed E-state index contributed by atoms with van der Waals surface area (Å²) in [6.07, 6.45) is 2.08. The average Bonchev–Trinajstić information content (AvgIpc) is 2.78. The van der Waals surface area contributed by atoms with Crippen LogP contribution in [0.4, 0.5) is 10.6 Å². The van der Waals surface area contributed by atoms with Gasteiger partial charge >= 0.3 is 6.03 Å². The zero-order valence-electron chi connectivity index (χ0n) is 12.6. The Labute approximate surface area is 115 Å². The number of nitrogens with one attached hydrogen (secondary N) is 1. The molecule has 1 aromatic heterocycles. The summed E-state index contributed by atoms with van der Waals surface area (Å²) in [5.41, 5.74) is -0.109. The number of carbonyl (C=O) groups is 1. The molecule has 5 heteroatoms. The van der Waals surface area contributed by atoms with E-state index in [9.17, 15) is 4.79 Å². The summed E-state index contributed by atoms with van der Waals surface area (Å²) in [4.78, 5) is 13.8. The quantitative estimate of drug-likeness (QED) is 0.886. The lowest BCUT2D eigenvalue weighted by atomic mass is 9.93. The molecular formula is C14H25N3O2. The van der Waals surface area contributed by atoms with E-state index in [0.717, 1.165) is 25.1 Å². The molecule has 0 aromatic carbocycles. The van der Waals surface area contributed by atoms with Gasteiger partial charge in [0, 0.05) is 24.6 Å². The SMILES string of the molecule is CCCCN(CC)C(=O)Nc1cc(C(C)(C)C)on1. The summed E-state index contributed by atoms with van der Waals surface area (Å²) in [7, 11) is 0. The molecule has 0 radical (unpaired) electrons. The van der Waals surface area contributed by atoms with Crippen molar-refractivity contribution in [1.29, 1.82) is 0 Å². The van der Waals surface area contributed by atoms with Crippen LogP contribution in [0.25, 0.3) is 0 Å². The second kappa shape index (κ2) is 6.59. The van der Waals surface area contributed by atoms with E-state index in [2.05, 4.69) is 17.4 Å². The van der Waals surface area contributed by atoms with Gasteiger partial charge in [-0.05, 0) is 13.3 Å². The molecule has 0 spiro atoms. The third-order valence-corrected chi connectivity index (χ3v) is 2.93. The molecule has 0 saturated carbocycles. The molecule has 1 aromatic rings. The standard InChI is InChI=1S/C14H25N3O2/c1-6-8-9-17(7-2)13(18)15-12-10-11(19-16-12)14(3,4)5/h10H,6-9H2,1-5H3,(H,15,16,18). The van der Waals surface area contributed by atoms with Crippen LogP contribution in [0, 0.1) is 0 Å². The molecule has 0 saturated heterocycles. The van der Waals surface area contributed by atoms with Crippen molar-refractivity contribution in [1.82, 2.24) is 10.1 Å². The molecule has 5 nitrogen and oxygen atoms in total. The van der Waals surface area contributed by atoms with Crippen molar-refractivity contribution in [2.75, 3.05) is 18.4 Å². The van der Waals surface area contributed by atoms with Gasteiger partial charge in [0.25, 0.3) is 0 Å². The molecule has 2 amide bonds. The minimum absolute atomic E-state index is 0.109. The molecule has 0 aliphatic rings. The number of rotatable bonds is 5. The molecule has 1 rings (SSSR count). The van der Waals surface area contributed by atoms with Gasteiger partial charge in [-0.3, -0.25) is 5.32 Å². The second-order valence-electron chi connectivity index (χ2n) is 5.69. The molecule has 0 bridgehead atoms. The Balaban J connectivity index is 2.63. The van der Waals surface area contributed by atoms with Gasteiger partial charge in [-0.25, -0.2) is 4.79 Å². The third-order valence-electron chi connectivity index (χ3n) is 2.93. The maximum absolute atomic E-state index is 12.0. The highest BCUT2D eigenvalue weighted by atomic mass is 16.5. The van der Waals surface area contributed by atoms with E-state index >= 15 is 0 Å². The first-order chi connectivity index (χ1) is 8.88. The minimum Gasteiger partial charge on any atom is -0.359 e. The molecule has 1 N–H and O–H groups in total. The number of urea groups is 1. The van der Waals surface area contributed by atoms with Crippen molar-refractivity contribution in [2.45, 2.75) is 52.9 Å². The summed E-state index contributed by atoms with van der Waals surface area (Å²) < 4.78 is 5.24. The number of aromatic nitrogens is 1. The molecule has 0 fully saturated rings. The summed E-state index contributed by atoms with van der Waals surface area (Å²) in [5, 5.41) is 6.66. The van der Waals surface area contributed by atoms with Gasteiger partial charge in [0.2, 0.25) is 0 Å². The lowest BCUT2D eigenvalue weighted by Crippen LogP contribution is -2.35. The van der Waals surface area contributed by atoms with Crippen molar-refractivity contribution in [3.8, 4) is 0 Å². The fourth-order valence-corrected chi connectivity index (χ4v) is 1.63. The number of hydrogen-bond donors (Lipinski definition) is 1. The van der Waals surface area contributed by atoms with Crippen LogP contribution < -0.4 is 5.32 Å². The van der Waals surface area contributed by atoms with Crippen molar-refractivity contribution in [3.63, 3.8) is 0 Å². The van der Waals surface area contributed by atoms with E-state index in [1.807, 2.05) is 27.7 Å². The number of nitrogens with zero attached hydrogens (tertiary/aromatic N) is 2. The lowest BCUT2D eigenvalue weighted by Gasteiger charge is -2.20. The van der Waals surface area contributed by atoms with Crippen LogP contribution in [0.1, 0.15) is 53.2 Å². The van der Waals surface area contributed by atoms with Gasteiger partial charge < -0.3 is 9.42 Å². The van der Waals surface area contributed by atoms with E-state index in [-0.39, 0.29) is 11.4 Å². The first-order valence-electron chi connectivity index (χ1n) is 6.91. The van der Waals surface area contributed by atoms with Gasteiger partial charge in [-0.1, -0.05) is 39.3 Å². The topological polar surface area (TPSA) is 58.4 Å². The van der Waals surface area contributed by atoms with E-state index in [1.165, 1.54) is 0 Å². The normalized spacial score (nSPS) is 11.4. The fraction of sp³-hybridized carbons (Fsp3) is 0.714. The first kappa shape index (κ1) is 15.5. The lowest BCUT2D eigenvalue weighted by molar-refractivity contribution is 0.213. The van der Waals surface area contributed by atoms with Crippen LogP contribution in [0.3, 0.4) is 0 Å². The first-order valence-corrected chi connectivity index (χ1v) is 6.91. The predicted octanol–water partition coefficient (Wildman–Crippen LogP) is 3.63. The van der Waals surface area contributed by atoms with Gasteiger partial charge in [0.15, 0.2) is 5.82 Å². The number of amides is 2. The monoisotopic (exact) mass is 267 g/mol. The predicted molar refractivity (Wildman–Crippen MR) is 76.4 cm³/mol. The van der Waals surface area contributed by atoms with E-state index < -0.39 is 0 Å². The zero-order chi connectivity index (χ0) is 14.5. The number of anilines is 1. The summed E-state index contributed by atoms with van der Waals surface area (Å²) in [5.74, 6) is 1.24. The Morgan fingerprint density at radius 1 is 1.42 bits per heavy atom. The highest BCUT2D eigenvalue weighted by molar-refractivity contribution is 5.88. The Hall–Kier alpha value is -1.52. The molecule has 1 heterocycles. The molecule has 108 valence electrons. The Morgan fingerprint density at radius 3 is 2.58 bits per heavy atom. The molecule has 0 aliphatic carbocycles. The molecule has 0 aliphatic heterocycles. The Bertz CT molecular complexity index is 407. The van der Waals surface area contributed by atoms with Gasteiger partial charge in [-0.2, -0.15) is 0 Å². The molecular weight excluding hydrogens is 242 g/mol. The minimum atomic E-state index is -0.121. The fourth-order valence-electron chi connectivity index (χ4n) is 1.63. The Morgan fingerprint density at radius 2 is 2.11 bits per heavy atom. The summed E-state index contributed by atoms with van der Waals surface area (Å²) in [6, 6.07) is 1.66. The van der Waals surface area contributed by atoms with Crippen molar-refractivity contribution < 1.29 is 9.32 Å². The maximum Gasteiger partial charge on any atom is 0.323 e. The summed E-state index contributed by atoms with van der Waals surface area (Å²) in [6.45, 7) is 11.7. The Kier molecular flexibility index (Phi) is 5.39. The smallest absolute Gasteiger partial charge is 0.323 e. The third kappa shape index (κ3) is 4.58. The highest BCUT2D eigenvalue weighted by Gasteiger charge is 2.21. The maximum atomic E-state index is 12.0. The highest BCUT2D eigenvalue weighted by Crippen LogP contribution is 2.24. The second-order valence-corrected chi connectivity index (χ2v) is 5.69. The van der Waals surface area contributed by atoms with Crippen LogP contribution >= 0.6 is 0 Å². The number of unbranched alkanes of at least 4 members (excludes halogenated alkanes) is 1. The van der Waals surface area contributed by atoms with Crippen molar-refractivity contribution in [2.24, 2.45) is 0 Å². The van der Waals surface area contributed by atoms with Crippen molar-refractivity contribution >= 4 is 11.8 Å². The van der Waals surface area contributed by atoms with Crippen LogP contribution in [0.15, 0.2) is 10.6 Å². The van der Waals surface area contributed by atoms with E-state index in [0.29, 0.717) is 12.4 Å². The van der Waals surface area contributed by atoms with E-state index in [4.69, 9.17) is 4.52 Å². The van der Waals surface area contributed by atoms with Gasteiger partial charge in [-0.15, -0.1) is 0 Å². The van der Waals surface area contributed by atoms with Crippen LogP contribution in [0.2, 0.25) is 0 Å². The van der Waals surface area contributed by atoms with E-state index in [1.54, 1.807) is 11.0 Å². The number of hydrogen-bond acceptors (Lipinski definition) is 3. The summed E-state index contributed by atoms with van der Waals surface area (Å²) >= 11 is 0. The van der Waals surface area contributed by atoms with Crippen LogP contribution in [-0.2, 0) is 5.41 Å². The molecule has 0 unspecified atom stereocenters. The largest absolute Gasteiger partial charge is 0.359 e.